The fraction of sp³-hybridized carbons (Fsp3) is 0.222. The predicted octanol–water partition coefficient (Wildman–Crippen LogP) is 3.98. The van der Waals surface area contributed by atoms with E-state index in [-0.39, 0.29) is 11.3 Å². The predicted molar refractivity (Wildman–Crippen MR) is 129 cm³/mol. The first kappa shape index (κ1) is 23.0. The van der Waals surface area contributed by atoms with Gasteiger partial charge in [0.25, 0.3) is 11.7 Å². The number of hydrogen-bond acceptors (Lipinski definition) is 4. The number of benzene rings is 1. The minimum atomic E-state index is -1.14. The van der Waals surface area contributed by atoms with Gasteiger partial charge in [-0.3, -0.25) is 9.59 Å². The minimum Gasteiger partial charge on any atom is -0.480 e. The minimum absolute atomic E-state index is 0.180. The first-order chi connectivity index (χ1) is 16.4. The molecular formula is C27H26N2O5. The van der Waals surface area contributed by atoms with Gasteiger partial charge in [0.05, 0.1) is 11.1 Å². The van der Waals surface area contributed by atoms with E-state index in [1.54, 1.807) is 18.3 Å². The molecule has 4 rings (SSSR count). The molecule has 7 nitrogen and oxygen atoms in total. The summed E-state index contributed by atoms with van der Waals surface area (Å²) in [5, 5.41) is 9.09. The maximum Gasteiger partial charge on any atom is 0.341 e. The van der Waals surface area contributed by atoms with E-state index in [0.29, 0.717) is 23.9 Å². The molecule has 3 N–H and O–H groups in total. The number of carbonyl (C=O) groups excluding carboxylic acids is 2. The normalized spacial score (nSPS) is 13.3. The molecule has 174 valence electrons. The highest BCUT2D eigenvalue weighted by molar-refractivity contribution is 6.44. The van der Waals surface area contributed by atoms with Gasteiger partial charge in [0.15, 0.2) is 6.61 Å². The Bertz CT molecular complexity index is 1330. The lowest BCUT2D eigenvalue weighted by Crippen LogP contribution is -2.24. The quantitative estimate of drug-likeness (QED) is 0.372. The van der Waals surface area contributed by atoms with Crippen LogP contribution >= 0.6 is 0 Å². The molecule has 34 heavy (non-hydrogen) atoms. The lowest BCUT2D eigenvalue weighted by atomic mass is 9.88. The Labute approximate surface area is 197 Å². The number of rotatable bonds is 9. The molecule has 0 unspecified atom stereocenters. The number of carboxylic acid groups (broad SMARTS) is 1. The van der Waals surface area contributed by atoms with Crippen molar-refractivity contribution < 1.29 is 24.2 Å². The van der Waals surface area contributed by atoms with Crippen molar-refractivity contribution in [1.82, 2.24) is 4.40 Å². The summed E-state index contributed by atoms with van der Waals surface area (Å²) in [6.07, 6.45) is 8.93. The van der Waals surface area contributed by atoms with E-state index in [1.807, 2.05) is 29.5 Å². The van der Waals surface area contributed by atoms with Crippen LogP contribution in [0.15, 0.2) is 66.4 Å². The average Bonchev–Trinajstić information content (AvgIpc) is 3.16. The summed E-state index contributed by atoms with van der Waals surface area (Å²) in [5.41, 5.74) is 11.0. The van der Waals surface area contributed by atoms with Crippen LogP contribution in [0.2, 0.25) is 0 Å². The number of primary amides is 1. The SMILES string of the molecule is CCc1c(C(=O)C(N)=O)c2c(OCC(=O)O)cccn2c1CC1=C(c2ccccc2)C=CCC1. The summed E-state index contributed by atoms with van der Waals surface area (Å²) in [6, 6.07) is 13.5. The highest BCUT2D eigenvalue weighted by Crippen LogP contribution is 2.36. The summed E-state index contributed by atoms with van der Waals surface area (Å²) >= 11 is 0. The molecule has 0 atom stereocenters. The molecule has 1 aromatic carbocycles. The van der Waals surface area contributed by atoms with Crippen LogP contribution in [0.3, 0.4) is 0 Å². The fourth-order valence-corrected chi connectivity index (χ4v) is 4.60. The third-order valence-corrected chi connectivity index (χ3v) is 6.03. The van der Waals surface area contributed by atoms with Crippen molar-refractivity contribution in [3.05, 3.63) is 88.8 Å². The lowest BCUT2D eigenvalue weighted by molar-refractivity contribution is -0.139. The molecule has 0 bridgehead atoms. The number of ether oxygens (including phenoxy) is 1. The zero-order valence-electron chi connectivity index (χ0n) is 18.9. The van der Waals surface area contributed by atoms with Gasteiger partial charge in [-0.25, -0.2) is 4.79 Å². The molecule has 0 saturated carbocycles. The van der Waals surface area contributed by atoms with E-state index in [1.165, 1.54) is 5.57 Å². The monoisotopic (exact) mass is 458 g/mol. The number of amides is 1. The van der Waals surface area contributed by atoms with Crippen molar-refractivity contribution >= 4 is 28.7 Å². The van der Waals surface area contributed by atoms with E-state index >= 15 is 0 Å². The van der Waals surface area contributed by atoms with Crippen LogP contribution in [0.4, 0.5) is 0 Å². The van der Waals surface area contributed by atoms with Gasteiger partial charge in [0.2, 0.25) is 0 Å². The van der Waals surface area contributed by atoms with Crippen molar-refractivity contribution in [2.24, 2.45) is 5.73 Å². The average molecular weight is 459 g/mol. The van der Waals surface area contributed by atoms with Crippen LogP contribution in [0.1, 0.15) is 46.9 Å². The van der Waals surface area contributed by atoms with Gasteiger partial charge in [-0.05, 0) is 48.1 Å². The highest BCUT2D eigenvalue weighted by atomic mass is 16.5. The first-order valence-electron chi connectivity index (χ1n) is 11.2. The van der Waals surface area contributed by atoms with Gasteiger partial charge in [0, 0.05) is 18.3 Å². The van der Waals surface area contributed by atoms with Gasteiger partial charge in [-0.15, -0.1) is 0 Å². The number of Topliss-reactive ketones (excluding diaryl/α,β-unsaturated/α-hetero) is 1. The van der Waals surface area contributed by atoms with E-state index in [2.05, 4.69) is 24.3 Å². The second-order valence-corrected chi connectivity index (χ2v) is 8.12. The summed E-state index contributed by atoms with van der Waals surface area (Å²) in [6.45, 7) is 1.35. The Hall–Kier alpha value is -4.13. The van der Waals surface area contributed by atoms with Crippen LogP contribution < -0.4 is 10.5 Å². The molecule has 0 aliphatic heterocycles. The number of fused-ring (bicyclic) bond motifs is 1. The summed E-state index contributed by atoms with van der Waals surface area (Å²) in [7, 11) is 0. The van der Waals surface area contributed by atoms with Crippen molar-refractivity contribution in [3.63, 3.8) is 0 Å². The van der Waals surface area contributed by atoms with Gasteiger partial charge in [0.1, 0.15) is 5.75 Å². The van der Waals surface area contributed by atoms with Crippen molar-refractivity contribution in [2.45, 2.75) is 32.6 Å². The van der Waals surface area contributed by atoms with Gasteiger partial charge in [-0.1, -0.05) is 55.0 Å². The number of carbonyl (C=O) groups is 3. The highest BCUT2D eigenvalue weighted by Gasteiger charge is 2.28. The van der Waals surface area contributed by atoms with Crippen LogP contribution in [-0.2, 0) is 22.4 Å². The number of hydrogen-bond donors (Lipinski definition) is 2. The molecule has 0 spiro atoms. The van der Waals surface area contributed by atoms with Gasteiger partial charge < -0.3 is 20.0 Å². The maximum atomic E-state index is 12.9. The number of nitrogens with two attached hydrogens (primary N) is 1. The molecule has 7 heteroatoms. The second-order valence-electron chi connectivity index (χ2n) is 8.12. The number of aliphatic carboxylic acids is 1. The molecule has 2 aromatic heterocycles. The Kier molecular flexibility index (Phi) is 6.63. The smallest absolute Gasteiger partial charge is 0.341 e. The standard InChI is InChI=1S/C27H26N2O5/c1-2-19-21(15-18-11-6-7-12-20(18)17-9-4-3-5-10-17)29-14-8-13-22(34-16-23(30)31)25(29)24(19)26(32)27(28)33/h3-5,7-10,12-14H,2,6,11,15-16H2,1H3,(H2,28,33)(H,30,31). The van der Waals surface area contributed by atoms with E-state index in [4.69, 9.17) is 15.6 Å². The van der Waals surface area contributed by atoms with Crippen LogP contribution in [0.5, 0.6) is 5.75 Å². The van der Waals surface area contributed by atoms with Gasteiger partial charge in [-0.2, -0.15) is 0 Å². The Morgan fingerprint density at radius 2 is 1.88 bits per heavy atom. The number of allylic oxidation sites excluding steroid dienone is 4. The third kappa shape index (κ3) is 4.37. The molecule has 3 aromatic rings. The van der Waals surface area contributed by atoms with Gasteiger partial charge >= 0.3 is 5.97 Å². The second kappa shape index (κ2) is 9.79. The molecule has 1 aliphatic rings. The number of pyridine rings is 1. The molecule has 0 saturated heterocycles. The lowest BCUT2D eigenvalue weighted by Gasteiger charge is -2.18. The van der Waals surface area contributed by atoms with E-state index in [0.717, 1.165) is 29.7 Å². The Morgan fingerprint density at radius 3 is 2.56 bits per heavy atom. The molecule has 1 aliphatic carbocycles. The zero-order valence-corrected chi connectivity index (χ0v) is 18.9. The van der Waals surface area contributed by atoms with E-state index < -0.39 is 24.3 Å². The topological polar surface area (TPSA) is 111 Å². The summed E-state index contributed by atoms with van der Waals surface area (Å²) in [4.78, 5) is 36.0. The third-order valence-electron chi connectivity index (χ3n) is 6.03. The Balaban J connectivity index is 1.94. The molecule has 1 amide bonds. The van der Waals surface area contributed by atoms with Crippen molar-refractivity contribution in [3.8, 4) is 5.75 Å². The number of nitrogens with zero attached hydrogens (tertiary/aromatic N) is 1. The first-order valence-corrected chi connectivity index (χ1v) is 11.2. The van der Waals surface area contributed by atoms with Crippen molar-refractivity contribution in [1.29, 1.82) is 0 Å². The van der Waals surface area contributed by atoms with Crippen LogP contribution in [0, 0.1) is 0 Å². The number of carboxylic acids is 1. The molecular weight excluding hydrogens is 432 g/mol. The maximum absolute atomic E-state index is 12.9. The number of aromatic nitrogens is 1. The van der Waals surface area contributed by atoms with Crippen LogP contribution in [0.25, 0.3) is 11.1 Å². The zero-order chi connectivity index (χ0) is 24.2. The van der Waals surface area contributed by atoms with Crippen LogP contribution in [-0.4, -0.2) is 33.8 Å². The van der Waals surface area contributed by atoms with Crippen molar-refractivity contribution in [2.75, 3.05) is 6.61 Å². The fourth-order valence-electron chi connectivity index (χ4n) is 4.60. The molecule has 2 heterocycles. The Morgan fingerprint density at radius 1 is 1.12 bits per heavy atom. The number of ketones is 1. The molecule has 0 radical (unpaired) electrons. The summed E-state index contributed by atoms with van der Waals surface area (Å²) in [5.74, 6) is -2.80. The summed E-state index contributed by atoms with van der Waals surface area (Å²) < 4.78 is 7.33. The van der Waals surface area contributed by atoms with E-state index in [9.17, 15) is 14.4 Å². The largest absolute Gasteiger partial charge is 0.480 e. The molecule has 0 fully saturated rings.